The summed E-state index contributed by atoms with van der Waals surface area (Å²) in [6.45, 7) is 2.04. The summed E-state index contributed by atoms with van der Waals surface area (Å²) in [5.74, 6) is -0.294. The molecule has 2 N–H and O–H groups in total. The molecule has 1 unspecified atom stereocenters. The van der Waals surface area contributed by atoms with E-state index in [4.69, 9.17) is 5.73 Å². The molecule has 86 valence electrons. The number of hydrogen-bond donors (Lipinski definition) is 1. The van der Waals surface area contributed by atoms with Gasteiger partial charge in [-0.15, -0.1) is 0 Å². The van der Waals surface area contributed by atoms with Gasteiger partial charge in [-0.1, -0.05) is 12.1 Å². The van der Waals surface area contributed by atoms with E-state index in [0.717, 1.165) is 12.8 Å². The molecule has 16 heavy (non-hydrogen) atoms. The van der Waals surface area contributed by atoms with Gasteiger partial charge in [0.2, 0.25) is 0 Å². The molecule has 0 spiro atoms. The second-order valence-corrected chi connectivity index (χ2v) is 4.51. The highest BCUT2D eigenvalue weighted by Gasteiger charge is 2.47. The van der Waals surface area contributed by atoms with Gasteiger partial charge in [0, 0.05) is 11.5 Å². The maximum atomic E-state index is 11.3. The van der Waals surface area contributed by atoms with E-state index < -0.39 is 0 Å². The molecule has 0 heterocycles. The lowest BCUT2D eigenvalue weighted by molar-refractivity contribution is 0.0600. The smallest absolute Gasteiger partial charge is 0.337 e. The van der Waals surface area contributed by atoms with Crippen molar-refractivity contribution in [1.29, 1.82) is 0 Å². The minimum atomic E-state index is -0.294. The van der Waals surface area contributed by atoms with Crippen LogP contribution in [0.4, 0.5) is 0 Å². The molecule has 0 saturated heterocycles. The standard InChI is InChI=1S/C13H17NO2/c1-9(14)13(7-8-13)11-5-3-10(4-6-11)12(15)16-2/h3-6,9H,7-8,14H2,1-2H3. The van der Waals surface area contributed by atoms with Crippen molar-refractivity contribution in [3.63, 3.8) is 0 Å². The van der Waals surface area contributed by atoms with Gasteiger partial charge in [0.1, 0.15) is 0 Å². The Balaban J connectivity index is 2.23. The highest BCUT2D eigenvalue weighted by atomic mass is 16.5. The SMILES string of the molecule is COC(=O)c1ccc(C2(C(C)N)CC2)cc1. The van der Waals surface area contributed by atoms with Crippen molar-refractivity contribution in [1.82, 2.24) is 0 Å². The number of carbonyl (C=O) groups is 1. The van der Waals surface area contributed by atoms with Gasteiger partial charge in [-0.05, 0) is 37.5 Å². The van der Waals surface area contributed by atoms with Crippen LogP contribution in [0.15, 0.2) is 24.3 Å². The molecule has 0 amide bonds. The summed E-state index contributed by atoms with van der Waals surface area (Å²) in [5.41, 5.74) is 7.97. The van der Waals surface area contributed by atoms with Crippen molar-refractivity contribution >= 4 is 5.97 Å². The summed E-state index contributed by atoms with van der Waals surface area (Å²) >= 11 is 0. The van der Waals surface area contributed by atoms with Crippen LogP contribution in [0.1, 0.15) is 35.7 Å². The van der Waals surface area contributed by atoms with Gasteiger partial charge in [0.05, 0.1) is 12.7 Å². The second-order valence-electron chi connectivity index (χ2n) is 4.51. The normalized spacial score (nSPS) is 18.9. The lowest BCUT2D eigenvalue weighted by Gasteiger charge is -2.20. The van der Waals surface area contributed by atoms with E-state index >= 15 is 0 Å². The van der Waals surface area contributed by atoms with Gasteiger partial charge in [-0.25, -0.2) is 4.79 Å². The molecule has 3 nitrogen and oxygen atoms in total. The van der Waals surface area contributed by atoms with Gasteiger partial charge in [0.25, 0.3) is 0 Å². The summed E-state index contributed by atoms with van der Waals surface area (Å²) in [5, 5.41) is 0. The highest BCUT2D eigenvalue weighted by Crippen LogP contribution is 2.50. The monoisotopic (exact) mass is 219 g/mol. The first-order chi connectivity index (χ1) is 7.60. The highest BCUT2D eigenvalue weighted by molar-refractivity contribution is 5.89. The maximum Gasteiger partial charge on any atom is 0.337 e. The van der Waals surface area contributed by atoms with Crippen LogP contribution in [0.25, 0.3) is 0 Å². The molecule has 1 aromatic rings. The summed E-state index contributed by atoms with van der Waals surface area (Å²) < 4.78 is 4.66. The first kappa shape index (κ1) is 11.1. The third-order valence-electron chi connectivity index (χ3n) is 3.54. The van der Waals surface area contributed by atoms with Crippen molar-refractivity contribution in [2.45, 2.75) is 31.2 Å². The number of benzene rings is 1. The minimum Gasteiger partial charge on any atom is -0.465 e. The first-order valence-corrected chi connectivity index (χ1v) is 5.54. The summed E-state index contributed by atoms with van der Waals surface area (Å²) in [4.78, 5) is 11.3. The molecular weight excluding hydrogens is 202 g/mol. The van der Waals surface area contributed by atoms with Crippen LogP contribution in [0.2, 0.25) is 0 Å². The summed E-state index contributed by atoms with van der Waals surface area (Å²) in [6.07, 6.45) is 2.28. The van der Waals surface area contributed by atoms with E-state index in [0.29, 0.717) is 5.56 Å². The maximum absolute atomic E-state index is 11.3. The van der Waals surface area contributed by atoms with Gasteiger partial charge in [0.15, 0.2) is 0 Å². The summed E-state index contributed by atoms with van der Waals surface area (Å²) in [7, 11) is 1.39. The Morgan fingerprint density at radius 1 is 1.38 bits per heavy atom. The summed E-state index contributed by atoms with van der Waals surface area (Å²) in [6, 6.07) is 7.76. The van der Waals surface area contributed by atoms with Crippen molar-refractivity contribution in [3.05, 3.63) is 35.4 Å². The first-order valence-electron chi connectivity index (χ1n) is 5.54. The zero-order valence-electron chi connectivity index (χ0n) is 9.69. The fourth-order valence-electron chi connectivity index (χ4n) is 2.20. The van der Waals surface area contributed by atoms with E-state index in [2.05, 4.69) is 4.74 Å². The lowest BCUT2D eigenvalue weighted by atomic mass is 9.89. The topological polar surface area (TPSA) is 52.3 Å². The number of carbonyl (C=O) groups excluding carboxylic acids is 1. The Bertz CT molecular complexity index is 391. The number of ether oxygens (including phenoxy) is 1. The van der Waals surface area contributed by atoms with Gasteiger partial charge in [-0.2, -0.15) is 0 Å². The molecule has 0 aliphatic heterocycles. The van der Waals surface area contributed by atoms with E-state index in [1.807, 2.05) is 31.2 Å². The average molecular weight is 219 g/mol. The quantitative estimate of drug-likeness (QED) is 0.789. The third kappa shape index (κ3) is 1.71. The van der Waals surface area contributed by atoms with Crippen LogP contribution in [-0.2, 0) is 10.2 Å². The molecule has 0 bridgehead atoms. The fourth-order valence-corrected chi connectivity index (χ4v) is 2.20. The molecule has 1 fully saturated rings. The second kappa shape index (κ2) is 3.91. The van der Waals surface area contributed by atoms with Crippen molar-refractivity contribution in [3.8, 4) is 0 Å². The largest absolute Gasteiger partial charge is 0.465 e. The molecule has 2 rings (SSSR count). The number of methoxy groups -OCH3 is 1. The van der Waals surface area contributed by atoms with E-state index in [1.54, 1.807) is 0 Å². The molecule has 0 aromatic heterocycles. The van der Waals surface area contributed by atoms with E-state index in [1.165, 1.54) is 12.7 Å². The van der Waals surface area contributed by atoms with Crippen LogP contribution in [0, 0.1) is 0 Å². The Kier molecular flexibility index (Phi) is 2.72. The molecule has 3 heteroatoms. The Morgan fingerprint density at radius 2 is 1.94 bits per heavy atom. The van der Waals surface area contributed by atoms with Crippen molar-refractivity contribution in [2.75, 3.05) is 7.11 Å². The van der Waals surface area contributed by atoms with Crippen molar-refractivity contribution < 1.29 is 9.53 Å². The van der Waals surface area contributed by atoms with Gasteiger partial charge < -0.3 is 10.5 Å². The van der Waals surface area contributed by atoms with Gasteiger partial charge in [-0.3, -0.25) is 0 Å². The molecule has 1 aliphatic carbocycles. The van der Waals surface area contributed by atoms with Crippen LogP contribution in [0.5, 0.6) is 0 Å². The number of nitrogens with two attached hydrogens (primary N) is 1. The molecular formula is C13H17NO2. The van der Waals surface area contributed by atoms with Crippen LogP contribution >= 0.6 is 0 Å². The predicted molar refractivity (Wildman–Crippen MR) is 62.3 cm³/mol. The molecule has 1 saturated carbocycles. The van der Waals surface area contributed by atoms with Crippen LogP contribution < -0.4 is 5.73 Å². The minimum absolute atomic E-state index is 0.147. The van der Waals surface area contributed by atoms with E-state index in [-0.39, 0.29) is 17.4 Å². The number of esters is 1. The molecule has 1 aliphatic rings. The van der Waals surface area contributed by atoms with Crippen LogP contribution in [-0.4, -0.2) is 19.1 Å². The number of hydrogen-bond acceptors (Lipinski definition) is 3. The molecule has 1 atom stereocenters. The predicted octanol–water partition coefficient (Wildman–Crippen LogP) is 1.85. The van der Waals surface area contributed by atoms with Crippen molar-refractivity contribution in [2.24, 2.45) is 5.73 Å². The van der Waals surface area contributed by atoms with Crippen LogP contribution in [0.3, 0.4) is 0 Å². The Morgan fingerprint density at radius 3 is 2.31 bits per heavy atom. The zero-order chi connectivity index (χ0) is 11.8. The molecule has 1 aromatic carbocycles. The average Bonchev–Trinajstić information content (AvgIpc) is 3.09. The number of rotatable bonds is 3. The zero-order valence-corrected chi connectivity index (χ0v) is 9.69. The third-order valence-corrected chi connectivity index (χ3v) is 3.54. The Hall–Kier alpha value is -1.35. The van der Waals surface area contributed by atoms with Gasteiger partial charge >= 0.3 is 5.97 Å². The fraction of sp³-hybridized carbons (Fsp3) is 0.462. The Labute approximate surface area is 95.6 Å². The lowest BCUT2D eigenvalue weighted by Crippen LogP contribution is -2.31. The molecule has 0 radical (unpaired) electrons. The van der Waals surface area contributed by atoms with E-state index in [9.17, 15) is 4.79 Å².